The highest BCUT2D eigenvalue weighted by Gasteiger charge is 2.07. The van der Waals surface area contributed by atoms with Gasteiger partial charge in [0, 0.05) is 26.2 Å². The first kappa shape index (κ1) is 18.7. The summed E-state index contributed by atoms with van der Waals surface area (Å²) in [4.78, 5) is 11.8. The molecule has 4 heteroatoms. The third-order valence-corrected chi connectivity index (χ3v) is 3.38. The molecule has 0 fully saturated rings. The summed E-state index contributed by atoms with van der Waals surface area (Å²) in [5.74, 6) is 0.120. The Bertz CT molecular complexity index is 389. The first-order chi connectivity index (χ1) is 10.8. The Labute approximate surface area is 134 Å². The summed E-state index contributed by atoms with van der Waals surface area (Å²) in [7, 11) is 0. The van der Waals surface area contributed by atoms with Gasteiger partial charge in [-0.15, -0.1) is 0 Å². The van der Waals surface area contributed by atoms with Gasteiger partial charge in [0.1, 0.15) is 0 Å². The van der Waals surface area contributed by atoms with E-state index in [0.29, 0.717) is 19.6 Å². The molecular formula is C18H29NO3. The van der Waals surface area contributed by atoms with Crippen LogP contribution in [0.5, 0.6) is 0 Å². The highest BCUT2D eigenvalue weighted by molar-refractivity contribution is 5.76. The predicted octanol–water partition coefficient (Wildman–Crippen LogP) is 3.30. The molecule has 1 rings (SSSR count). The summed E-state index contributed by atoms with van der Waals surface area (Å²) in [6, 6.07) is 10.1. The number of unbranched alkanes of at least 4 members (excludes halogenated alkanes) is 1. The number of ether oxygens (including phenoxy) is 2. The van der Waals surface area contributed by atoms with Crippen LogP contribution in [0.3, 0.4) is 0 Å². The Kier molecular flexibility index (Phi) is 10.3. The van der Waals surface area contributed by atoms with Crippen molar-refractivity contribution < 1.29 is 14.3 Å². The van der Waals surface area contributed by atoms with E-state index >= 15 is 0 Å². The van der Waals surface area contributed by atoms with Crippen LogP contribution in [0.2, 0.25) is 0 Å². The van der Waals surface area contributed by atoms with Crippen molar-refractivity contribution in [2.24, 2.45) is 0 Å². The van der Waals surface area contributed by atoms with Crippen molar-refractivity contribution in [3.63, 3.8) is 0 Å². The molecule has 4 nitrogen and oxygen atoms in total. The maximum absolute atomic E-state index is 11.8. The minimum Gasteiger partial charge on any atom is -0.356 e. The van der Waals surface area contributed by atoms with Crippen molar-refractivity contribution in [3.8, 4) is 0 Å². The smallest absolute Gasteiger partial charge is 0.220 e. The molecule has 1 N–H and O–H groups in total. The number of carbonyl (C=O) groups is 1. The Morgan fingerprint density at radius 3 is 2.41 bits per heavy atom. The summed E-state index contributed by atoms with van der Waals surface area (Å²) < 4.78 is 11.0. The first-order valence-corrected chi connectivity index (χ1v) is 8.30. The van der Waals surface area contributed by atoms with Gasteiger partial charge < -0.3 is 14.8 Å². The molecule has 0 unspecified atom stereocenters. The molecule has 22 heavy (non-hydrogen) atoms. The Morgan fingerprint density at radius 1 is 1.09 bits per heavy atom. The van der Waals surface area contributed by atoms with E-state index in [0.717, 1.165) is 32.2 Å². The topological polar surface area (TPSA) is 47.6 Å². The zero-order chi connectivity index (χ0) is 16.0. The van der Waals surface area contributed by atoms with Gasteiger partial charge in [0.15, 0.2) is 6.29 Å². The van der Waals surface area contributed by atoms with Crippen LogP contribution in [0.4, 0.5) is 0 Å². The molecule has 0 heterocycles. The summed E-state index contributed by atoms with van der Waals surface area (Å²) in [5, 5.41) is 2.97. The first-order valence-electron chi connectivity index (χ1n) is 8.30. The minimum absolute atomic E-state index is 0.108. The van der Waals surface area contributed by atoms with E-state index in [1.807, 2.05) is 32.0 Å². The normalized spacial score (nSPS) is 10.9. The van der Waals surface area contributed by atoms with Gasteiger partial charge in [-0.1, -0.05) is 30.3 Å². The van der Waals surface area contributed by atoms with Crippen molar-refractivity contribution in [2.45, 2.75) is 52.2 Å². The fraction of sp³-hybridized carbons (Fsp3) is 0.611. The zero-order valence-electron chi connectivity index (χ0n) is 13.8. The fourth-order valence-electron chi connectivity index (χ4n) is 2.24. The van der Waals surface area contributed by atoms with E-state index in [2.05, 4.69) is 17.4 Å². The molecule has 1 amide bonds. The number of hydrogen-bond acceptors (Lipinski definition) is 3. The van der Waals surface area contributed by atoms with E-state index in [4.69, 9.17) is 9.47 Å². The quantitative estimate of drug-likeness (QED) is 0.476. The summed E-state index contributed by atoms with van der Waals surface area (Å²) >= 11 is 0. The molecule has 0 aromatic heterocycles. The number of amides is 1. The largest absolute Gasteiger partial charge is 0.356 e. The lowest BCUT2D eigenvalue weighted by atomic mass is 10.1. The summed E-state index contributed by atoms with van der Waals surface area (Å²) in [5.41, 5.74) is 1.20. The third kappa shape index (κ3) is 8.80. The highest BCUT2D eigenvalue weighted by Crippen LogP contribution is 2.06. The van der Waals surface area contributed by atoms with Crippen molar-refractivity contribution >= 4 is 5.91 Å². The average Bonchev–Trinajstić information content (AvgIpc) is 2.54. The average molecular weight is 307 g/mol. The van der Waals surface area contributed by atoms with Crippen LogP contribution in [0.15, 0.2) is 30.3 Å². The Morgan fingerprint density at radius 2 is 1.77 bits per heavy atom. The number of benzene rings is 1. The molecule has 0 aliphatic heterocycles. The summed E-state index contributed by atoms with van der Waals surface area (Å²) in [6.45, 7) is 6.00. The molecule has 124 valence electrons. The predicted molar refractivity (Wildman–Crippen MR) is 88.7 cm³/mol. The maximum atomic E-state index is 11.8. The molecule has 0 spiro atoms. The van der Waals surface area contributed by atoms with Gasteiger partial charge in [-0.3, -0.25) is 4.79 Å². The van der Waals surface area contributed by atoms with E-state index in [1.165, 1.54) is 5.56 Å². The van der Waals surface area contributed by atoms with E-state index in [-0.39, 0.29) is 12.2 Å². The number of carbonyl (C=O) groups excluding carboxylic acids is 1. The van der Waals surface area contributed by atoms with Gasteiger partial charge in [0.2, 0.25) is 5.91 Å². The molecule has 0 saturated heterocycles. The second-order valence-corrected chi connectivity index (χ2v) is 5.17. The Balaban J connectivity index is 2.05. The van der Waals surface area contributed by atoms with Crippen LogP contribution >= 0.6 is 0 Å². The van der Waals surface area contributed by atoms with Gasteiger partial charge in [0.25, 0.3) is 0 Å². The van der Waals surface area contributed by atoms with Gasteiger partial charge in [-0.25, -0.2) is 0 Å². The van der Waals surface area contributed by atoms with Gasteiger partial charge in [-0.2, -0.15) is 0 Å². The van der Waals surface area contributed by atoms with E-state index in [1.54, 1.807) is 0 Å². The molecular weight excluding hydrogens is 278 g/mol. The van der Waals surface area contributed by atoms with E-state index < -0.39 is 0 Å². The molecule has 0 aliphatic rings. The van der Waals surface area contributed by atoms with Gasteiger partial charge in [-0.05, 0) is 45.1 Å². The van der Waals surface area contributed by atoms with Crippen molar-refractivity contribution in [2.75, 3.05) is 19.8 Å². The molecule has 1 aromatic rings. The zero-order valence-corrected chi connectivity index (χ0v) is 13.8. The number of aryl methyl sites for hydroxylation is 1. The van der Waals surface area contributed by atoms with Crippen LogP contribution in [0.25, 0.3) is 0 Å². The monoisotopic (exact) mass is 307 g/mol. The van der Waals surface area contributed by atoms with Crippen LogP contribution in [-0.2, 0) is 20.7 Å². The lowest BCUT2D eigenvalue weighted by molar-refractivity contribution is -0.140. The molecule has 1 aromatic carbocycles. The minimum atomic E-state index is -0.108. The highest BCUT2D eigenvalue weighted by atomic mass is 16.7. The third-order valence-electron chi connectivity index (χ3n) is 3.38. The van der Waals surface area contributed by atoms with E-state index in [9.17, 15) is 4.79 Å². The van der Waals surface area contributed by atoms with Crippen molar-refractivity contribution in [1.29, 1.82) is 0 Å². The van der Waals surface area contributed by atoms with Gasteiger partial charge in [0.05, 0.1) is 0 Å². The Hall–Kier alpha value is -1.39. The lowest BCUT2D eigenvalue weighted by Gasteiger charge is -2.16. The number of hydrogen-bond donors (Lipinski definition) is 1. The van der Waals surface area contributed by atoms with Crippen molar-refractivity contribution in [3.05, 3.63) is 35.9 Å². The standard InChI is InChI=1S/C18H29NO3/c1-3-21-18(22-4-2)12-8-9-15-19-17(20)14-13-16-10-6-5-7-11-16/h5-7,10-11,18H,3-4,8-9,12-15H2,1-2H3,(H,19,20). The lowest BCUT2D eigenvalue weighted by Crippen LogP contribution is -2.25. The van der Waals surface area contributed by atoms with Crippen LogP contribution in [-0.4, -0.2) is 32.0 Å². The van der Waals surface area contributed by atoms with Crippen LogP contribution in [0.1, 0.15) is 45.1 Å². The molecule has 0 saturated carbocycles. The second-order valence-electron chi connectivity index (χ2n) is 5.17. The molecule has 0 aliphatic carbocycles. The molecule has 0 bridgehead atoms. The molecule has 0 radical (unpaired) electrons. The number of rotatable bonds is 12. The SMILES string of the molecule is CCOC(CCCCNC(=O)CCc1ccccc1)OCC. The van der Waals surface area contributed by atoms with Gasteiger partial charge >= 0.3 is 0 Å². The van der Waals surface area contributed by atoms with Crippen LogP contribution in [0, 0.1) is 0 Å². The fourth-order valence-corrected chi connectivity index (χ4v) is 2.24. The summed E-state index contributed by atoms with van der Waals surface area (Å²) in [6.07, 6.45) is 4.05. The molecule has 0 atom stereocenters. The second kappa shape index (κ2) is 12.2. The van der Waals surface area contributed by atoms with Crippen LogP contribution < -0.4 is 5.32 Å². The van der Waals surface area contributed by atoms with Crippen molar-refractivity contribution in [1.82, 2.24) is 5.32 Å². The maximum Gasteiger partial charge on any atom is 0.220 e. The number of nitrogens with one attached hydrogen (secondary N) is 1.